The van der Waals surface area contributed by atoms with Crippen LogP contribution in [-0.2, 0) is 14.8 Å². The van der Waals surface area contributed by atoms with Crippen molar-refractivity contribution in [2.75, 3.05) is 32.5 Å². The fourth-order valence-electron chi connectivity index (χ4n) is 3.45. The lowest BCUT2D eigenvalue weighted by atomic mass is 9.79. The molecule has 1 aliphatic heterocycles. The molecule has 21 heavy (non-hydrogen) atoms. The van der Waals surface area contributed by atoms with Crippen molar-refractivity contribution in [2.24, 2.45) is 17.6 Å². The van der Waals surface area contributed by atoms with Gasteiger partial charge in [0.05, 0.1) is 18.5 Å². The Labute approximate surface area is 129 Å². The Bertz CT molecular complexity index is 430. The van der Waals surface area contributed by atoms with Crippen LogP contribution in [-0.4, -0.2) is 50.8 Å². The molecule has 0 amide bonds. The third kappa shape index (κ3) is 4.65. The second-order valence-electron chi connectivity index (χ2n) is 7.01. The maximum Gasteiger partial charge on any atom is 0.211 e. The van der Waals surface area contributed by atoms with Crippen LogP contribution in [0.4, 0.5) is 0 Å². The van der Waals surface area contributed by atoms with Crippen molar-refractivity contribution in [3.8, 4) is 0 Å². The molecule has 2 N–H and O–H groups in total. The Hall–Kier alpha value is -0.170. The maximum atomic E-state index is 11.7. The summed E-state index contributed by atoms with van der Waals surface area (Å²) in [5, 5.41) is 0. The van der Waals surface area contributed by atoms with Gasteiger partial charge in [-0.15, -0.1) is 0 Å². The molecule has 1 saturated heterocycles. The summed E-state index contributed by atoms with van der Waals surface area (Å²) in [5.41, 5.74) is 5.80. The zero-order chi connectivity index (χ0) is 15.5. The van der Waals surface area contributed by atoms with Crippen LogP contribution in [0.15, 0.2) is 0 Å². The Morgan fingerprint density at radius 2 is 1.95 bits per heavy atom. The molecule has 2 aliphatic rings. The molecule has 0 spiro atoms. The van der Waals surface area contributed by atoms with Gasteiger partial charge in [0.1, 0.15) is 0 Å². The Balaban J connectivity index is 1.86. The first-order valence-electron chi connectivity index (χ1n) is 8.14. The standard InChI is InChI=1S/C15H30N2O3S/c1-13-5-7-15(12-16,8-6-13)20-11-14-4-3-9-17(10-14)21(2,18)19/h13-14H,3-12,16H2,1-2H3. The van der Waals surface area contributed by atoms with E-state index < -0.39 is 10.0 Å². The van der Waals surface area contributed by atoms with Crippen molar-refractivity contribution in [1.82, 2.24) is 4.31 Å². The molecule has 1 saturated carbocycles. The molecular weight excluding hydrogens is 288 g/mol. The van der Waals surface area contributed by atoms with E-state index in [1.165, 1.54) is 19.1 Å². The summed E-state index contributed by atoms with van der Waals surface area (Å²) in [6.07, 6.45) is 7.69. The van der Waals surface area contributed by atoms with Gasteiger partial charge in [0.15, 0.2) is 0 Å². The molecule has 0 aromatic carbocycles. The molecular formula is C15H30N2O3S. The minimum absolute atomic E-state index is 0.167. The van der Waals surface area contributed by atoms with Crippen molar-refractivity contribution < 1.29 is 13.2 Å². The number of nitrogens with two attached hydrogens (primary N) is 1. The third-order valence-corrected chi connectivity index (χ3v) is 6.40. The zero-order valence-corrected chi connectivity index (χ0v) is 14.2. The topological polar surface area (TPSA) is 72.6 Å². The van der Waals surface area contributed by atoms with E-state index in [2.05, 4.69) is 6.92 Å². The SMILES string of the molecule is CC1CCC(CN)(OCC2CCCN(S(C)(=O)=O)C2)CC1. The Kier molecular flexibility index (Phi) is 5.68. The van der Waals surface area contributed by atoms with E-state index in [4.69, 9.17) is 10.5 Å². The molecule has 2 rings (SSSR count). The lowest BCUT2D eigenvalue weighted by molar-refractivity contribution is -0.0869. The van der Waals surface area contributed by atoms with Gasteiger partial charge in [-0.2, -0.15) is 0 Å². The van der Waals surface area contributed by atoms with Gasteiger partial charge in [0.25, 0.3) is 0 Å². The van der Waals surface area contributed by atoms with Crippen LogP contribution in [0.25, 0.3) is 0 Å². The predicted octanol–water partition coefficient (Wildman–Crippen LogP) is 1.58. The van der Waals surface area contributed by atoms with E-state index in [-0.39, 0.29) is 5.60 Å². The monoisotopic (exact) mass is 318 g/mol. The van der Waals surface area contributed by atoms with Crippen molar-refractivity contribution in [2.45, 2.75) is 51.0 Å². The second kappa shape index (κ2) is 6.94. The normalized spacial score (nSPS) is 35.8. The summed E-state index contributed by atoms with van der Waals surface area (Å²) in [4.78, 5) is 0. The van der Waals surface area contributed by atoms with Crippen LogP contribution in [0.2, 0.25) is 0 Å². The first-order chi connectivity index (χ1) is 9.85. The number of hydrogen-bond donors (Lipinski definition) is 1. The number of sulfonamides is 1. The van der Waals surface area contributed by atoms with Crippen LogP contribution in [0, 0.1) is 11.8 Å². The number of piperidine rings is 1. The van der Waals surface area contributed by atoms with Crippen LogP contribution >= 0.6 is 0 Å². The van der Waals surface area contributed by atoms with Crippen LogP contribution in [0.5, 0.6) is 0 Å². The average molecular weight is 318 g/mol. The van der Waals surface area contributed by atoms with E-state index >= 15 is 0 Å². The van der Waals surface area contributed by atoms with Gasteiger partial charge in [-0.05, 0) is 50.4 Å². The molecule has 1 aliphatic carbocycles. The molecule has 2 fully saturated rings. The number of nitrogens with zero attached hydrogens (tertiary/aromatic N) is 1. The summed E-state index contributed by atoms with van der Waals surface area (Å²) < 4.78 is 31.1. The second-order valence-corrected chi connectivity index (χ2v) is 8.99. The van der Waals surface area contributed by atoms with Crippen LogP contribution in [0.3, 0.4) is 0 Å². The smallest absolute Gasteiger partial charge is 0.211 e. The van der Waals surface area contributed by atoms with E-state index in [0.29, 0.717) is 32.2 Å². The zero-order valence-electron chi connectivity index (χ0n) is 13.4. The van der Waals surface area contributed by atoms with E-state index in [1.807, 2.05) is 0 Å². The molecule has 1 unspecified atom stereocenters. The predicted molar refractivity (Wildman–Crippen MR) is 84.5 cm³/mol. The highest BCUT2D eigenvalue weighted by atomic mass is 32.2. The molecule has 1 atom stereocenters. The highest BCUT2D eigenvalue weighted by Gasteiger charge is 2.35. The minimum Gasteiger partial charge on any atom is -0.373 e. The fourth-order valence-corrected chi connectivity index (χ4v) is 4.40. The summed E-state index contributed by atoms with van der Waals surface area (Å²) in [6.45, 7) is 4.73. The Morgan fingerprint density at radius 1 is 1.29 bits per heavy atom. The lowest BCUT2D eigenvalue weighted by Gasteiger charge is -2.40. The van der Waals surface area contributed by atoms with Gasteiger partial charge >= 0.3 is 0 Å². The van der Waals surface area contributed by atoms with Gasteiger partial charge in [-0.25, -0.2) is 12.7 Å². The molecule has 1 heterocycles. The molecule has 0 aromatic rings. The lowest BCUT2D eigenvalue weighted by Crippen LogP contribution is -2.46. The van der Waals surface area contributed by atoms with E-state index in [9.17, 15) is 8.42 Å². The summed E-state index contributed by atoms with van der Waals surface area (Å²) in [6, 6.07) is 0. The summed E-state index contributed by atoms with van der Waals surface area (Å²) in [5.74, 6) is 1.07. The van der Waals surface area contributed by atoms with Gasteiger partial charge < -0.3 is 10.5 Å². The maximum absolute atomic E-state index is 11.7. The first kappa shape index (κ1) is 17.2. The molecule has 124 valence electrons. The van der Waals surface area contributed by atoms with Crippen molar-refractivity contribution in [3.63, 3.8) is 0 Å². The van der Waals surface area contributed by atoms with Crippen molar-refractivity contribution in [1.29, 1.82) is 0 Å². The number of rotatable bonds is 5. The highest BCUT2D eigenvalue weighted by Crippen LogP contribution is 2.35. The van der Waals surface area contributed by atoms with Gasteiger partial charge in [-0.1, -0.05) is 6.92 Å². The third-order valence-electron chi connectivity index (χ3n) is 5.13. The van der Waals surface area contributed by atoms with Gasteiger partial charge in [0, 0.05) is 19.6 Å². The van der Waals surface area contributed by atoms with Crippen molar-refractivity contribution in [3.05, 3.63) is 0 Å². The number of ether oxygens (including phenoxy) is 1. The quantitative estimate of drug-likeness (QED) is 0.835. The van der Waals surface area contributed by atoms with E-state index in [0.717, 1.165) is 31.6 Å². The molecule has 0 radical (unpaired) electrons. The summed E-state index contributed by atoms with van der Waals surface area (Å²) >= 11 is 0. The fraction of sp³-hybridized carbons (Fsp3) is 1.00. The molecule has 0 aromatic heterocycles. The van der Waals surface area contributed by atoms with Gasteiger partial charge in [0.2, 0.25) is 10.0 Å². The average Bonchev–Trinajstić information content (AvgIpc) is 2.47. The van der Waals surface area contributed by atoms with Crippen LogP contribution < -0.4 is 5.73 Å². The summed E-state index contributed by atoms with van der Waals surface area (Å²) in [7, 11) is -3.08. The highest BCUT2D eigenvalue weighted by molar-refractivity contribution is 7.88. The van der Waals surface area contributed by atoms with E-state index in [1.54, 1.807) is 4.31 Å². The van der Waals surface area contributed by atoms with Gasteiger partial charge in [-0.3, -0.25) is 0 Å². The first-order valence-corrected chi connectivity index (χ1v) is 9.99. The number of hydrogen-bond acceptors (Lipinski definition) is 4. The van der Waals surface area contributed by atoms with Crippen molar-refractivity contribution >= 4 is 10.0 Å². The molecule has 5 nitrogen and oxygen atoms in total. The largest absolute Gasteiger partial charge is 0.373 e. The molecule has 6 heteroatoms. The minimum atomic E-state index is -3.08. The molecule has 0 bridgehead atoms. The Morgan fingerprint density at radius 3 is 2.52 bits per heavy atom. The van der Waals surface area contributed by atoms with Crippen LogP contribution in [0.1, 0.15) is 45.4 Å².